The highest BCUT2D eigenvalue weighted by molar-refractivity contribution is 5.76. The van der Waals surface area contributed by atoms with Crippen LogP contribution in [0.3, 0.4) is 0 Å². The largest absolute Gasteiger partial charge is 0.481 e. The van der Waals surface area contributed by atoms with Gasteiger partial charge in [0, 0.05) is 12.3 Å². The number of fused-ring (bicyclic) bond motifs is 7. The van der Waals surface area contributed by atoms with E-state index in [9.17, 15) is 34.8 Å². The zero-order valence-electron chi connectivity index (χ0n) is 33.2. The Morgan fingerprint density at radius 2 is 1.58 bits per heavy atom. The molecule has 1 amide bonds. The van der Waals surface area contributed by atoms with Crippen LogP contribution in [0.4, 0.5) is 0 Å². The van der Waals surface area contributed by atoms with E-state index in [4.69, 9.17) is 14.3 Å². The molecule has 6 rings (SSSR count). The molecule has 12 nitrogen and oxygen atoms in total. The van der Waals surface area contributed by atoms with Crippen LogP contribution in [0.2, 0.25) is 0 Å². The first-order chi connectivity index (χ1) is 24.7. The third kappa shape index (κ3) is 6.11. The summed E-state index contributed by atoms with van der Waals surface area (Å²) >= 11 is 0. The van der Waals surface area contributed by atoms with Crippen LogP contribution in [0, 0.1) is 56.7 Å². The lowest BCUT2D eigenvalue weighted by Crippen LogP contribution is -2.68. The van der Waals surface area contributed by atoms with E-state index in [0.29, 0.717) is 24.2 Å². The predicted molar refractivity (Wildman–Crippen MR) is 196 cm³/mol. The maximum Gasteiger partial charge on any atom is 0.323 e. The van der Waals surface area contributed by atoms with Crippen LogP contribution in [0.15, 0.2) is 12.2 Å². The number of carboxylic acid groups (broad SMARTS) is 1. The quantitative estimate of drug-likeness (QED) is 0.128. The Hall–Kier alpha value is -2.09. The van der Waals surface area contributed by atoms with E-state index in [1.54, 1.807) is 0 Å². The van der Waals surface area contributed by atoms with Crippen molar-refractivity contribution >= 4 is 17.8 Å². The van der Waals surface area contributed by atoms with Gasteiger partial charge in [0.1, 0.15) is 31.0 Å². The minimum Gasteiger partial charge on any atom is -0.481 e. The van der Waals surface area contributed by atoms with Crippen molar-refractivity contribution in [1.29, 1.82) is 0 Å². The van der Waals surface area contributed by atoms with Crippen molar-refractivity contribution in [2.75, 3.05) is 20.3 Å². The fraction of sp³-hybridized carbons (Fsp3) is 0.878. The number of carbonyl (C=O) groups excluding carboxylic acids is 2. The smallest absolute Gasteiger partial charge is 0.323 e. The number of amides is 1. The molecule has 300 valence electrons. The van der Waals surface area contributed by atoms with E-state index in [1.807, 2.05) is 0 Å². The lowest BCUT2D eigenvalue weighted by molar-refractivity contribution is -0.304. The van der Waals surface area contributed by atoms with Gasteiger partial charge in [0.05, 0.1) is 25.2 Å². The minimum atomic E-state index is -1.48. The van der Waals surface area contributed by atoms with Gasteiger partial charge in [0.25, 0.3) is 0 Å². The summed E-state index contributed by atoms with van der Waals surface area (Å²) in [4.78, 5) is 44.2. The second-order valence-corrected chi connectivity index (χ2v) is 19.2. The molecule has 0 aromatic heterocycles. The van der Waals surface area contributed by atoms with Crippen LogP contribution >= 0.6 is 0 Å². The van der Waals surface area contributed by atoms with Gasteiger partial charge in [-0.2, -0.15) is 0 Å². The number of aliphatic carboxylic acids is 1. The topological polar surface area (TPSA) is 175 Å². The number of ether oxygens (including phenoxy) is 2. The molecule has 1 saturated heterocycles. The number of nitrogens with zero attached hydrogens (tertiary/aromatic N) is 1. The average Bonchev–Trinajstić information content (AvgIpc) is 3.49. The number of esters is 1. The van der Waals surface area contributed by atoms with Crippen molar-refractivity contribution in [3.05, 3.63) is 12.2 Å². The fourth-order valence-corrected chi connectivity index (χ4v) is 14.0. The van der Waals surface area contributed by atoms with E-state index in [1.165, 1.54) is 19.1 Å². The van der Waals surface area contributed by atoms with Gasteiger partial charge in [-0.1, -0.05) is 46.8 Å². The lowest BCUT2D eigenvalue weighted by atomic mass is 9.32. The molecule has 0 aromatic carbocycles. The van der Waals surface area contributed by atoms with Crippen molar-refractivity contribution in [3.63, 3.8) is 0 Å². The molecule has 0 aromatic rings. The van der Waals surface area contributed by atoms with Gasteiger partial charge in [-0.3, -0.25) is 19.2 Å². The molecule has 0 unspecified atom stereocenters. The van der Waals surface area contributed by atoms with Gasteiger partial charge in [-0.05, 0) is 117 Å². The Morgan fingerprint density at radius 1 is 0.887 bits per heavy atom. The summed E-state index contributed by atoms with van der Waals surface area (Å²) in [6.45, 7) is 18.8. The monoisotopic (exact) mass is 746 g/mol. The van der Waals surface area contributed by atoms with Crippen LogP contribution in [0.1, 0.15) is 113 Å². The number of nitrogens with one attached hydrogen (secondary N) is 1. The first-order valence-electron chi connectivity index (χ1n) is 20.0. The number of allylic oxidation sites excluding steroid dienone is 1. The maximum absolute atomic E-state index is 13.7. The first kappa shape index (κ1) is 40.6. The van der Waals surface area contributed by atoms with Gasteiger partial charge in [0.2, 0.25) is 5.91 Å². The third-order valence-electron chi connectivity index (χ3n) is 16.8. The molecule has 1 aliphatic heterocycles. The van der Waals surface area contributed by atoms with Crippen molar-refractivity contribution in [2.24, 2.45) is 56.7 Å². The number of carbonyl (C=O) groups is 3. The number of hydrogen-bond donors (Lipinski definition) is 5. The molecular weight excluding hydrogens is 680 g/mol. The van der Waals surface area contributed by atoms with Crippen LogP contribution in [0.5, 0.6) is 0 Å². The summed E-state index contributed by atoms with van der Waals surface area (Å²) in [5.74, 6) is -0.106. The molecule has 0 bridgehead atoms. The standard InChI is InChI=1S/C41H66N2O10/c1-22(2)24-12-17-41(36(49)50)19-18-39(7)25(31(24)41)10-11-28-38(6)15-14-29(37(4,5)27(38)13-16-40(28,39)8)53-30(46)20-43(51-9)35-32(42-23(3)45)34(48)33(47)26(21-44)52-35/h24-29,31-35,44,47-48H,1,10-21H2,2-9H3,(H,42,45)(H,49,50)/t24-,25+,26+,27-,28+,29-,31+,32-,33+,34+,35-,38-,39+,40+,41-/m0/s1. The molecule has 0 radical (unpaired) electrons. The Kier molecular flexibility index (Phi) is 10.8. The molecule has 15 atom stereocenters. The van der Waals surface area contributed by atoms with Gasteiger partial charge in [-0.15, -0.1) is 5.06 Å². The average molecular weight is 747 g/mol. The van der Waals surface area contributed by atoms with Crippen molar-refractivity contribution in [1.82, 2.24) is 10.4 Å². The number of carboxylic acids is 1. The highest BCUT2D eigenvalue weighted by Gasteiger charge is 2.72. The molecule has 5 aliphatic carbocycles. The second kappa shape index (κ2) is 14.1. The number of aliphatic hydroxyl groups is 3. The van der Waals surface area contributed by atoms with Gasteiger partial charge in [-0.25, -0.2) is 0 Å². The molecule has 5 saturated carbocycles. The molecule has 12 heteroatoms. The number of hydroxylamine groups is 2. The molecule has 5 N–H and O–H groups in total. The van der Waals surface area contributed by atoms with Crippen LogP contribution in [-0.4, -0.2) is 100 Å². The molecule has 0 spiro atoms. The Morgan fingerprint density at radius 3 is 2.19 bits per heavy atom. The van der Waals surface area contributed by atoms with Crippen LogP contribution in [0.25, 0.3) is 0 Å². The number of rotatable bonds is 9. The lowest BCUT2D eigenvalue weighted by Gasteiger charge is -2.72. The minimum absolute atomic E-state index is 0.0223. The fourth-order valence-electron chi connectivity index (χ4n) is 14.0. The van der Waals surface area contributed by atoms with Gasteiger partial charge >= 0.3 is 11.9 Å². The van der Waals surface area contributed by atoms with Gasteiger partial charge < -0.3 is 35.2 Å². The zero-order valence-corrected chi connectivity index (χ0v) is 33.2. The van der Waals surface area contributed by atoms with Crippen LogP contribution in [-0.2, 0) is 28.7 Å². The maximum atomic E-state index is 13.7. The summed E-state index contributed by atoms with van der Waals surface area (Å²) in [6.07, 6.45) is 3.55. The van der Waals surface area contributed by atoms with E-state index < -0.39 is 60.4 Å². The van der Waals surface area contributed by atoms with E-state index in [-0.39, 0.29) is 46.1 Å². The van der Waals surface area contributed by atoms with E-state index in [2.05, 4.69) is 53.4 Å². The Labute approximate surface area is 315 Å². The SMILES string of the molecule is C=C(C)[C@@H]1CC[C@]2(C(=O)O)CC[C@]3(C)[C@H](CC[C@@H]4[C@@]5(C)CC[C@H](OC(=O)CN(OC)[C@H]6O[C@H](CO)[C@@H](O)[C@H](O)[C@@H]6NC(C)=O)C(C)(C)[C@@H]5CC[C@]43C)[C@@H]12. The highest BCUT2D eigenvalue weighted by Crippen LogP contribution is 2.77. The van der Waals surface area contributed by atoms with Crippen LogP contribution < -0.4 is 5.32 Å². The Balaban J connectivity index is 1.19. The summed E-state index contributed by atoms with van der Waals surface area (Å²) in [5, 5.41) is 45.5. The number of aliphatic hydroxyl groups excluding tert-OH is 3. The zero-order chi connectivity index (χ0) is 39.1. The Bertz CT molecular complexity index is 1460. The molecule has 6 aliphatic rings. The number of hydrogen-bond acceptors (Lipinski definition) is 10. The second-order valence-electron chi connectivity index (χ2n) is 19.2. The highest BCUT2D eigenvalue weighted by atomic mass is 16.7. The summed E-state index contributed by atoms with van der Waals surface area (Å²) in [7, 11) is 1.34. The summed E-state index contributed by atoms with van der Waals surface area (Å²) < 4.78 is 12.1. The summed E-state index contributed by atoms with van der Waals surface area (Å²) in [6, 6.07) is -1.14. The van der Waals surface area contributed by atoms with Crippen molar-refractivity contribution in [3.8, 4) is 0 Å². The normalized spacial score (nSPS) is 47.4. The van der Waals surface area contributed by atoms with Gasteiger partial charge in [0.15, 0.2) is 6.23 Å². The summed E-state index contributed by atoms with van der Waals surface area (Å²) in [5.41, 5.74) is 0.269. The molecular formula is C41H66N2O10. The molecule has 1 heterocycles. The predicted octanol–water partition coefficient (Wildman–Crippen LogP) is 4.45. The first-order valence-corrected chi connectivity index (χ1v) is 20.0. The molecule has 6 fully saturated rings. The van der Waals surface area contributed by atoms with Crippen molar-refractivity contribution in [2.45, 2.75) is 149 Å². The van der Waals surface area contributed by atoms with Crippen molar-refractivity contribution < 1.29 is 49.1 Å². The molecule has 53 heavy (non-hydrogen) atoms. The van der Waals surface area contributed by atoms with E-state index >= 15 is 0 Å². The third-order valence-corrected chi connectivity index (χ3v) is 16.8. The van der Waals surface area contributed by atoms with E-state index in [0.717, 1.165) is 63.4 Å².